The Morgan fingerprint density at radius 2 is 1.37 bits per heavy atom. The van der Waals surface area contributed by atoms with Crippen molar-refractivity contribution in [3.05, 3.63) is 35.4 Å². The summed E-state index contributed by atoms with van der Waals surface area (Å²) in [5.74, 6) is -1.53. The van der Waals surface area contributed by atoms with Gasteiger partial charge in [-0.05, 0) is 12.1 Å². The number of halogens is 6. The molecule has 1 atom stereocenters. The van der Waals surface area contributed by atoms with Gasteiger partial charge in [-0.1, -0.05) is 12.1 Å². The molecular weight excluding hydrogens is 282 g/mol. The van der Waals surface area contributed by atoms with Gasteiger partial charge in [0.2, 0.25) is 0 Å². The van der Waals surface area contributed by atoms with E-state index in [-0.39, 0.29) is 12.1 Å². The van der Waals surface area contributed by atoms with Crippen molar-refractivity contribution in [2.75, 3.05) is 0 Å². The van der Waals surface area contributed by atoms with Crippen LogP contribution >= 0.6 is 0 Å². The maximum absolute atomic E-state index is 13.6. The van der Waals surface area contributed by atoms with Crippen LogP contribution in [-0.2, 0) is 5.67 Å². The van der Waals surface area contributed by atoms with Crippen molar-refractivity contribution >= 4 is 5.97 Å². The number of aliphatic hydroxyl groups is 1. The molecule has 1 unspecified atom stereocenters. The topological polar surface area (TPSA) is 57.5 Å². The van der Waals surface area contributed by atoms with Gasteiger partial charge in [-0.3, -0.25) is 0 Å². The highest BCUT2D eigenvalue weighted by atomic mass is 19.4. The van der Waals surface area contributed by atoms with Gasteiger partial charge in [-0.2, -0.15) is 22.0 Å². The van der Waals surface area contributed by atoms with Gasteiger partial charge in [0.05, 0.1) is 5.56 Å². The van der Waals surface area contributed by atoms with Crippen LogP contribution in [0.15, 0.2) is 24.3 Å². The first-order valence-electron chi connectivity index (χ1n) is 4.61. The number of hydrogen-bond donors (Lipinski definition) is 2. The molecule has 0 spiro atoms. The van der Waals surface area contributed by atoms with Crippen molar-refractivity contribution in [3.8, 4) is 0 Å². The lowest BCUT2D eigenvalue weighted by Crippen LogP contribution is -2.52. The van der Waals surface area contributed by atoms with Gasteiger partial charge in [0.15, 0.2) is 0 Å². The molecule has 0 aromatic heterocycles. The molecule has 19 heavy (non-hydrogen) atoms. The molecule has 0 aliphatic rings. The summed E-state index contributed by atoms with van der Waals surface area (Å²) >= 11 is 0. The second-order valence-electron chi connectivity index (χ2n) is 3.58. The van der Waals surface area contributed by atoms with Crippen molar-refractivity contribution in [1.29, 1.82) is 0 Å². The number of aromatic carboxylic acids is 1. The van der Waals surface area contributed by atoms with Gasteiger partial charge in [0, 0.05) is 5.56 Å². The monoisotopic (exact) mass is 288 g/mol. The Labute approximate surface area is 102 Å². The van der Waals surface area contributed by atoms with E-state index in [1.165, 1.54) is 0 Å². The highest BCUT2D eigenvalue weighted by molar-refractivity contribution is 5.87. The Bertz CT molecular complexity index is 460. The largest absolute Gasteiger partial charge is 0.478 e. The number of carbonyl (C=O) groups is 1. The summed E-state index contributed by atoms with van der Waals surface area (Å²) in [6.07, 6.45) is -11.8. The molecule has 0 radical (unpaired) electrons. The van der Waals surface area contributed by atoms with Gasteiger partial charge < -0.3 is 10.2 Å². The van der Waals surface area contributed by atoms with E-state index in [4.69, 9.17) is 10.2 Å². The minimum Gasteiger partial charge on any atom is -0.478 e. The maximum Gasteiger partial charge on any atom is 0.435 e. The molecule has 106 valence electrons. The number of carboxylic acids is 1. The van der Waals surface area contributed by atoms with Crippen LogP contribution in [0.4, 0.5) is 26.3 Å². The zero-order valence-corrected chi connectivity index (χ0v) is 8.88. The SMILES string of the molecule is O=C(O)c1ccc(C(F)(C(O)(F)F)C(F)(F)F)cc1. The Kier molecular flexibility index (Phi) is 3.55. The molecule has 0 saturated heterocycles. The van der Waals surface area contributed by atoms with E-state index in [9.17, 15) is 31.1 Å². The van der Waals surface area contributed by atoms with Crippen molar-refractivity contribution in [3.63, 3.8) is 0 Å². The minimum atomic E-state index is -6.09. The van der Waals surface area contributed by atoms with Crippen LogP contribution in [0, 0.1) is 0 Å². The zero-order valence-electron chi connectivity index (χ0n) is 8.88. The van der Waals surface area contributed by atoms with Crippen molar-refractivity contribution in [2.24, 2.45) is 0 Å². The molecule has 0 fully saturated rings. The maximum atomic E-state index is 13.6. The first-order valence-corrected chi connectivity index (χ1v) is 4.61. The van der Waals surface area contributed by atoms with Crippen LogP contribution in [0.2, 0.25) is 0 Å². The molecule has 0 amide bonds. The fourth-order valence-electron chi connectivity index (χ4n) is 1.35. The van der Waals surface area contributed by atoms with Gasteiger partial charge in [0.25, 0.3) is 0 Å². The van der Waals surface area contributed by atoms with E-state index in [1.54, 1.807) is 0 Å². The lowest BCUT2D eigenvalue weighted by Gasteiger charge is -2.31. The molecule has 0 heterocycles. The number of benzene rings is 1. The predicted molar refractivity (Wildman–Crippen MR) is 49.4 cm³/mol. The van der Waals surface area contributed by atoms with E-state index in [1.807, 2.05) is 0 Å². The van der Waals surface area contributed by atoms with Gasteiger partial charge in [-0.25, -0.2) is 9.18 Å². The second-order valence-corrected chi connectivity index (χ2v) is 3.58. The fraction of sp³-hybridized carbons (Fsp3) is 0.300. The molecule has 0 bridgehead atoms. The zero-order chi connectivity index (χ0) is 15.1. The van der Waals surface area contributed by atoms with Crippen LogP contribution in [0.3, 0.4) is 0 Å². The van der Waals surface area contributed by atoms with Crippen LogP contribution in [0.1, 0.15) is 15.9 Å². The molecular formula is C10H6F6O3. The highest BCUT2D eigenvalue weighted by Gasteiger charge is 2.72. The lowest BCUT2D eigenvalue weighted by molar-refractivity contribution is -0.375. The van der Waals surface area contributed by atoms with E-state index < -0.39 is 35.0 Å². The lowest BCUT2D eigenvalue weighted by atomic mass is 9.93. The average Bonchev–Trinajstić information content (AvgIpc) is 2.25. The molecule has 0 aliphatic heterocycles. The highest BCUT2D eigenvalue weighted by Crippen LogP contribution is 2.51. The van der Waals surface area contributed by atoms with Crippen LogP contribution in [0.25, 0.3) is 0 Å². The van der Waals surface area contributed by atoms with Crippen molar-refractivity contribution < 1.29 is 41.4 Å². The van der Waals surface area contributed by atoms with Crippen LogP contribution in [0.5, 0.6) is 0 Å². The van der Waals surface area contributed by atoms with Gasteiger partial charge in [0.1, 0.15) is 0 Å². The smallest absolute Gasteiger partial charge is 0.435 e. The normalized spacial score (nSPS) is 15.9. The summed E-state index contributed by atoms with van der Waals surface area (Å²) in [6, 6.07) is 1.48. The molecule has 1 rings (SSSR count). The first-order chi connectivity index (χ1) is 8.41. The van der Waals surface area contributed by atoms with Gasteiger partial charge in [-0.15, -0.1) is 0 Å². The predicted octanol–water partition coefficient (Wildman–Crippen LogP) is 2.70. The Morgan fingerprint density at radius 3 is 1.63 bits per heavy atom. The molecule has 3 nitrogen and oxygen atoms in total. The number of carboxylic acid groups (broad SMARTS) is 1. The standard InChI is InChI=1S/C10H6F6O3/c11-8(9(12,13)14,10(15,16)19)6-3-1-5(2-4-6)7(17)18/h1-4,19H,(H,17,18). The Morgan fingerprint density at radius 1 is 0.947 bits per heavy atom. The molecule has 9 heteroatoms. The Balaban J connectivity index is 3.40. The first kappa shape index (κ1) is 15.3. The van der Waals surface area contributed by atoms with E-state index in [0.29, 0.717) is 12.1 Å². The number of hydrogen-bond acceptors (Lipinski definition) is 2. The van der Waals surface area contributed by atoms with Crippen LogP contribution in [-0.4, -0.2) is 28.5 Å². The molecule has 0 saturated carbocycles. The molecule has 2 N–H and O–H groups in total. The summed E-state index contributed by atoms with van der Waals surface area (Å²) in [7, 11) is 0. The molecule has 1 aromatic rings. The summed E-state index contributed by atoms with van der Waals surface area (Å²) in [6.45, 7) is 0. The van der Waals surface area contributed by atoms with E-state index >= 15 is 0 Å². The molecule has 0 aliphatic carbocycles. The fourth-order valence-corrected chi connectivity index (χ4v) is 1.35. The van der Waals surface area contributed by atoms with Gasteiger partial charge >= 0.3 is 23.9 Å². The summed E-state index contributed by atoms with van der Waals surface area (Å²) < 4.78 is 76.0. The van der Waals surface area contributed by atoms with Crippen molar-refractivity contribution in [1.82, 2.24) is 0 Å². The third-order valence-electron chi connectivity index (χ3n) is 2.33. The summed E-state index contributed by atoms with van der Waals surface area (Å²) in [4.78, 5) is 10.4. The summed E-state index contributed by atoms with van der Waals surface area (Å²) in [5.41, 5.74) is -7.44. The minimum absolute atomic E-state index is 0.223. The Hall–Kier alpha value is -1.77. The number of rotatable bonds is 3. The van der Waals surface area contributed by atoms with Crippen molar-refractivity contribution in [2.45, 2.75) is 18.0 Å². The summed E-state index contributed by atoms with van der Waals surface area (Å²) in [5, 5.41) is 16.6. The molecule has 1 aromatic carbocycles. The third-order valence-corrected chi connectivity index (χ3v) is 2.33. The van der Waals surface area contributed by atoms with Crippen LogP contribution < -0.4 is 0 Å². The number of alkyl halides is 6. The van der Waals surface area contributed by atoms with E-state index in [2.05, 4.69) is 0 Å². The van der Waals surface area contributed by atoms with E-state index in [0.717, 1.165) is 0 Å². The third kappa shape index (κ3) is 2.50. The quantitative estimate of drug-likeness (QED) is 0.841. The second kappa shape index (κ2) is 4.41. The average molecular weight is 288 g/mol.